The molecule has 0 saturated carbocycles. The van der Waals surface area contributed by atoms with E-state index in [1.165, 1.54) is 12.3 Å². The van der Waals surface area contributed by atoms with Gasteiger partial charge in [-0.15, -0.1) is 0 Å². The average Bonchev–Trinajstić information content (AvgIpc) is 2.16. The smallest absolute Gasteiger partial charge is 0.363 e. The first-order valence-corrected chi connectivity index (χ1v) is 5.24. The van der Waals surface area contributed by atoms with Crippen LogP contribution in [0.3, 0.4) is 0 Å². The van der Waals surface area contributed by atoms with E-state index in [0.29, 0.717) is 5.69 Å². The van der Waals surface area contributed by atoms with E-state index in [9.17, 15) is 15.2 Å². The van der Waals surface area contributed by atoms with Gasteiger partial charge in [-0.25, -0.2) is 0 Å². The number of rotatable bonds is 4. The maximum atomic E-state index is 10.4. The summed E-state index contributed by atoms with van der Waals surface area (Å²) in [6, 6.07) is 2.89. The lowest BCUT2D eigenvalue weighted by Crippen LogP contribution is -2.51. The Hall–Kier alpha value is -1.69. The SMILES string of the molecule is CC(C)(O)C(C)(C)Nc1ccc([N+](=O)[O-])nc1. The first kappa shape index (κ1) is 13.4. The van der Waals surface area contributed by atoms with Crippen molar-refractivity contribution in [3.8, 4) is 0 Å². The molecule has 0 aromatic carbocycles. The molecule has 0 radical (unpaired) electrons. The zero-order chi connectivity index (χ0) is 13.3. The van der Waals surface area contributed by atoms with Crippen molar-refractivity contribution >= 4 is 11.5 Å². The van der Waals surface area contributed by atoms with E-state index in [2.05, 4.69) is 10.3 Å². The predicted octanol–water partition coefficient (Wildman–Crippen LogP) is 1.95. The highest BCUT2D eigenvalue weighted by molar-refractivity contribution is 5.46. The Labute approximate surface area is 99.8 Å². The van der Waals surface area contributed by atoms with Crippen LogP contribution in [0, 0.1) is 10.1 Å². The van der Waals surface area contributed by atoms with Crippen LogP contribution in [0.25, 0.3) is 0 Å². The molecule has 17 heavy (non-hydrogen) atoms. The number of hydrogen-bond acceptors (Lipinski definition) is 5. The summed E-state index contributed by atoms with van der Waals surface area (Å²) >= 11 is 0. The third kappa shape index (κ3) is 3.13. The zero-order valence-electron chi connectivity index (χ0n) is 10.4. The fourth-order valence-corrected chi connectivity index (χ4v) is 1.08. The van der Waals surface area contributed by atoms with Crippen LogP contribution in [0.2, 0.25) is 0 Å². The fraction of sp³-hybridized carbons (Fsp3) is 0.545. The van der Waals surface area contributed by atoms with Crippen molar-refractivity contribution in [2.75, 3.05) is 5.32 Å². The summed E-state index contributed by atoms with van der Waals surface area (Å²) in [5, 5.41) is 23.5. The average molecular weight is 239 g/mol. The highest BCUT2D eigenvalue weighted by Gasteiger charge is 2.35. The monoisotopic (exact) mass is 239 g/mol. The molecule has 0 aliphatic rings. The normalized spacial score (nSPS) is 12.3. The number of anilines is 1. The highest BCUT2D eigenvalue weighted by atomic mass is 16.6. The topological polar surface area (TPSA) is 88.3 Å². The molecule has 0 bridgehead atoms. The Morgan fingerprint density at radius 2 is 1.94 bits per heavy atom. The van der Waals surface area contributed by atoms with Crippen molar-refractivity contribution in [1.29, 1.82) is 0 Å². The maximum Gasteiger partial charge on any atom is 0.363 e. The molecule has 0 fully saturated rings. The minimum atomic E-state index is -0.936. The largest absolute Gasteiger partial charge is 0.388 e. The molecule has 6 heteroatoms. The van der Waals surface area contributed by atoms with Crippen molar-refractivity contribution < 1.29 is 10.0 Å². The van der Waals surface area contributed by atoms with E-state index in [-0.39, 0.29) is 5.82 Å². The van der Waals surface area contributed by atoms with Gasteiger partial charge in [0.05, 0.1) is 16.8 Å². The molecule has 0 aliphatic carbocycles. The molecule has 0 aliphatic heterocycles. The summed E-state index contributed by atoms with van der Waals surface area (Å²) < 4.78 is 0. The molecule has 0 saturated heterocycles. The van der Waals surface area contributed by atoms with Crippen LogP contribution in [0.1, 0.15) is 27.7 Å². The van der Waals surface area contributed by atoms with Crippen LogP contribution < -0.4 is 5.32 Å². The minimum Gasteiger partial charge on any atom is -0.388 e. The lowest BCUT2D eigenvalue weighted by molar-refractivity contribution is -0.389. The molecule has 0 unspecified atom stereocenters. The van der Waals surface area contributed by atoms with Gasteiger partial charge in [0.2, 0.25) is 0 Å². The summed E-state index contributed by atoms with van der Waals surface area (Å²) in [5.74, 6) is -0.198. The Morgan fingerprint density at radius 3 is 2.29 bits per heavy atom. The lowest BCUT2D eigenvalue weighted by Gasteiger charge is -2.38. The number of aliphatic hydroxyl groups is 1. The number of nitrogens with one attached hydrogen (secondary N) is 1. The molecule has 1 rings (SSSR count). The molecule has 94 valence electrons. The Kier molecular flexibility index (Phi) is 3.38. The van der Waals surface area contributed by atoms with Crippen molar-refractivity contribution in [2.45, 2.75) is 38.8 Å². The van der Waals surface area contributed by atoms with Crippen LogP contribution in [-0.2, 0) is 0 Å². The van der Waals surface area contributed by atoms with E-state index in [1.54, 1.807) is 19.9 Å². The summed E-state index contributed by atoms with van der Waals surface area (Å²) in [6.45, 7) is 7.07. The molecule has 0 amide bonds. The van der Waals surface area contributed by atoms with E-state index < -0.39 is 16.1 Å². The van der Waals surface area contributed by atoms with Crippen LogP contribution in [-0.4, -0.2) is 26.2 Å². The molecule has 1 aromatic rings. The molecule has 2 N–H and O–H groups in total. The van der Waals surface area contributed by atoms with Gasteiger partial charge in [-0.05, 0) is 43.7 Å². The number of pyridine rings is 1. The second kappa shape index (κ2) is 4.29. The molecule has 1 heterocycles. The van der Waals surface area contributed by atoms with Crippen molar-refractivity contribution in [1.82, 2.24) is 4.98 Å². The molecular formula is C11H17N3O3. The van der Waals surface area contributed by atoms with Gasteiger partial charge >= 0.3 is 5.82 Å². The third-order valence-electron chi connectivity index (χ3n) is 2.92. The summed E-state index contributed by atoms with van der Waals surface area (Å²) in [7, 11) is 0. The van der Waals surface area contributed by atoms with Crippen LogP contribution in [0.5, 0.6) is 0 Å². The molecule has 1 aromatic heterocycles. The number of nitrogens with zero attached hydrogens (tertiary/aromatic N) is 2. The Morgan fingerprint density at radius 1 is 1.35 bits per heavy atom. The van der Waals surface area contributed by atoms with Gasteiger partial charge in [0.15, 0.2) is 6.20 Å². The van der Waals surface area contributed by atoms with E-state index in [0.717, 1.165) is 0 Å². The third-order valence-corrected chi connectivity index (χ3v) is 2.92. The van der Waals surface area contributed by atoms with Gasteiger partial charge in [-0.3, -0.25) is 0 Å². The van der Waals surface area contributed by atoms with Crippen LogP contribution in [0.4, 0.5) is 11.5 Å². The molecule has 6 nitrogen and oxygen atoms in total. The first-order valence-electron chi connectivity index (χ1n) is 5.24. The zero-order valence-corrected chi connectivity index (χ0v) is 10.4. The second-order valence-electron chi connectivity index (χ2n) is 4.97. The number of nitro groups is 1. The summed E-state index contributed by atoms with van der Waals surface area (Å²) in [6.07, 6.45) is 1.38. The van der Waals surface area contributed by atoms with Gasteiger partial charge in [-0.1, -0.05) is 0 Å². The first-order chi connectivity index (χ1) is 7.63. The minimum absolute atomic E-state index is 0.198. The van der Waals surface area contributed by atoms with Crippen molar-refractivity contribution in [3.05, 3.63) is 28.4 Å². The number of hydrogen-bond donors (Lipinski definition) is 2. The van der Waals surface area contributed by atoms with E-state index in [1.807, 2.05) is 13.8 Å². The van der Waals surface area contributed by atoms with Gasteiger partial charge < -0.3 is 20.5 Å². The number of aromatic nitrogens is 1. The van der Waals surface area contributed by atoms with Crippen LogP contribution >= 0.6 is 0 Å². The van der Waals surface area contributed by atoms with E-state index in [4.69, 9.17) is 0 Å². The van der Waals surface area contributed by atoms with Crippen molar-refractivity contribution in [3.63, 3.8) is 0 Å². The Bertz CT molecular complexity index is 407. The van der Waals surface area contributed by atoms with Gasteiger partial charge in [0.25, 0.3) is 0 Å². The quantitative estimate of drug-likeness (QED) is 0.619. The standard InChI is InChI=1S/C11H17N3O3/c1-10(2,11(3,4)15)13-8-5-6-9(12-7-8)14(16)17/h5-7,13,15H,1-4H3. The molecule has 0 spiro atoms. The summed E-state index contributed by atoms with van der Waals surface area (Å²) in [5.41, 5.74) is -0.887. The van der Waals surface area contributed by atoms with Gasteiger partial charge in [-0.2, -0.15) is 0 Å². The maximum absolute atomic E-state index is 10.4. The molecule has 0 atom stereocenters. The predicted molar refractivity (Wildman–Crippen MR) is 64.9 cm³/mol. The van der Waals surface area contributed by atoms with Gasteiger partial charge in [0, 0.05) is 6.07 Å². The summed E-state index contributed by atoms with van der Waals surface area (Å²) in [4.78, 5) is 13.6. The van der Waals surface area contributed by atoms with Crippen molar-refractivity contribution in [2.24, 2.45) is 0 Å². The van der Waals surface area contributed by atoms with Crippen LogP contribution in [0.15, 0.2) is 18.3 Å². The second-order valence-corrected chi connectivity index (χ2v) is 4.97. The van der Waals surface area contributed by atoms with E-state index >= 15 is 0 Å². The van der Waals surface area contributed by atoms with Gasteiger partial charge in [0.1, 0.15) is 0 Å². The molecular weight excluding hydrogens is 222 g/mol. The lowest BCUT2D eigenvalue weighted by atomic mass is 9.86. The Balaban J connectivity index is 2.86. The fourth-order valence-electron chi connectivity index (χ4n) is 1.08. The highest BCUT2D eigenvalue weighted by Crippen LogP contribution is 2.25.